The van der Waals surface area contributed by atoms with E-state index in [0.29, 0.717) is 17.5 Å². The molecule has 1 amide bonds. The van der Waals surface area contributed by atoms with Crippen LogP contribution in [0.4, 0.5) is 13.2 Å². The number of aromatic nitrogens is 2. The van der Waals surface area contributed by atoms with Crippen LogP contribution < -0.4 is 5.32 Å². The number of halogens is 3. The first kappa shape index (κ1) is 19.5. The third-order valence-corrected chi connectivity index (χ3v) is 3.63. The van der Waals surface area contributed by atoms with E-state index in [1.165, 1.54) is 12.1 Å². The summed E-state index contributed by atoms with van der Waals surface area (Å²) >= 11 is 0. The van der Waals surface area contributed by atoms with Crippen molar-refractivity contribution in [2.24, 2.45) is 0 Å². The lowest BCUT2D eigenvalue weighted by Crippen LogP contribution is -2.27. The van der Waals surface area contributed by atoms with Crippen LogP contribution in [0.15, 0.2) is 30.5 Å². The predicted octanol–water partition coefficient (Wildman–Crippen LogP) is 3.18. The Bertz CT molecular complexity index is 800. The van der Waals surface area contributed by atoms with E-state index >= 15 is 0 Å². The minimum Gasteiger partial charge on any atom is -0.481 e. The molecule has 1 aromatic heterocycles. The van der Waals surface area contributed by atoms with E-state index < -0.39 is 29.3 Å². The molecule has 26 heavy (non-hydrogen) atoms. The number of hydrogen-bond donors (Lipinski definition) is 2. The molecule has 140 valence electrons. The molecule has 0 fully saturated rings. The van der Waals surface area contributed by atoms with E-state index in [2.05, 4.69) is 10.4 Å². The minimum atomic E-state index is -4.77. The summed E-state index contributed by atoms with van der Waals surface area (Å²) < 4.78 is 41.2. The summed E-state index contributed by atoms with van der Waals surface area (Å²) in [5.41, 5.74) is -0.753. The van der Waals surface area contributed by atoms with Crippen LogP contribution in [0.3, 0.4) is 0 Å². The van der Waals surface area contributed by atoms with Gasteiger partial charge in [-0.1, -0.05) is 12.1 Å². The third-order valence-electron chi connectivity index (χ3n) is 3.63. The van der Waals surface area contributed by atoms with Crippen molar-refractivity contribution < 1.29 is 27.9 Å². The molecule has 0 atom stereocenters. The van der Waals surface area contributed by atoms with E-state index in [1.54, 1.807) is 19.1 Å². The van der Waals surface area contributed by atoms with Crippen LogP contribution in [-0.4, -0.2) is 33.3 Å². The summed E-state index contributed by atoms with van der Waals surface area (Å²) in [5, 5.41) is 14.6. The number of alkyl halides is 3. The van der Waals surface area contributed by atoms with Gasteiger partial charge in [0.25, 0.3) is 5.91 Å². The Kier molecular flexibility index (Phi) is 6.01. The SMILES string of the molecule is Cc1cccc(-n2ncc(C(=O)NCCCCC(=O)O)c2C(F)(F)F)c1. The van der Waals surface area contributed by atoms with Crippen molar-refractivity contribution in [3.8, 4) is 5.69 Å². The summed E-state index contributed by atoms with van der Waals surface area (Å²) in [7, 11) is 0. The molecule has 0 aliphatic heterocycles. The van der Waals surface area contributed by atoms with Gasteiger partial charge >= 0.3 is 12.1 Å². The fraction of sp³-hybridized carbons (Fsp3) is 0.353. The zero-order valence-corrected chi connectivity index (χ0v) is 14.0. The van der Waals surface area contributed by atoms with E-state index in [-0.39, 0.29) is 18.7 Å². The Labute approximate surface area is 147 Å². The Hall–Kier alpha value is -2.84. The van der Waals surface area contributed by atoms with E-state index in [9.17, 15) is 22.8 Å². The Morgan fingerprint density at radius 1 is 1.27 bits per heavy atom. The number of rotatable bonds is 7. The average molecular weight is 369 g/mol. The van der Waals surface area contributed by atoms with Gasteiger partial charge in [0, 0.05) is 13.0 Å². The number of benzene rings is 1. The van der Waals surface area contributed by atoms with Gasteiger partial charge in [-0.25, -0.2) is 4.68 Å². The van der Waals surface area contributed by atoms with Crippen molar-refractivity contribution in [2.75, 3.05) is 6.54 Å². The summed E-state index contributed by atoms with van der Waals surface area (Å²) in [6.45, 7) is 1.82. The largest absolute Gasteiger partial charge is 0.481 e. The lowest BCUT2D eigenvalue weighted by atomic mass is 10.2. The second kappa shape index (κ2) is 8.03. The molecule has 0 unspecified atom stereocenters. The normalized spacial score (nSPS) is 11.4. The summed E-state index contributed by atoms with van der Waals surface area (Å²) in [4.78, 5) is 22.6. The molecular weight excluding hydrogens is 351 g/mol. The van der Waals surface area contributed by atoms with E-state index in [4.69, 9.17) is 5.11 Å². The van der Waals surface area contributed by atoms with Gasteiger partial charge in [-0.05, 0) is 37.5 Å². The first-order valence-electron chi connectivity index (χ1n) is 7.92. The van der Waals surface area contributed by atoms with E-state index in [1.807, 2.05) is 0 Å². The predicted molar refractivity (Wildman–Crippen MR) is 87.1 cm³/mol. The van der Waals surface area contributed by atoms with Crippen LogP contribution in [0.25, 0.3) is 5.69 Å². The molecule has 0 aliphatic rings. The van der Waals surface area contributed by atoms with Gasteiger partial charge < -0.3 is 10.4 Å². The molecule has 1 aromatic carbocycles. The highest BCUT2D eigenvalue weighted by Gasteiger charge is 2.40. The van der Waals surface area contributed by atoms with Gasteiger partial charge in [0.05, 0.1) is 17.4 Å². The summed E-state index contributed by atoms with van der Waals surface area (Å²) in [5.74, 6) is -1.86. The van der Waals surface area contributed by atoms with Crippen LogP contribution in [0.2, 0.25) is 0 Å². The molecular formula is C17H18F3N3O3. The quantitative estimate of drug-likeness (QED) is 0.734. The molecule has 0 radical (unpaired) electrons. The van der Waals surface area contributed by atoms with Crippen molar-refractivity contribution in [3.05, 3.63) is 47.3 Å². The second-order valence-corrected chi connectivity index (χ2v) is 5.76. The molecule has 2 N–H and O–H groups in total. The van der Waals surface area contributed by atoms with Gasteiger partial charge in [0.15, 0.2) is 5.69 Å². The first-order valence-corrected chi connectivity index (χ1v) is 7.92. The maximum atomic E-state index is 13.5. The molecule has 2 rings (SSSR count). The number of nitrogens with zero attached hydrogens (tertiary/aromatic N) is 2. The Morgan fingerprint density at radius 3 is 2.62 bits per heavy atom. The van der Waals surface area contributed by atoms with Crippen LogP contribution in [0.5, 0.6) is 0 Å². The van der Waals surface area contributed by atoms with Crippen molar-refractivity contribution in [3.63, 3.8) is 0 Å². The third kappa shape index (κ3) is 4.84. The number of amides is 1. The van der Waals surface area contributed by atoms with Crippen LogP contribution in [-0.2, 0) is 11.0 Å². The van der Waals surface area contributed by atoms with Crippen LogP contribution >= 0.6 is 0 Å². The first-order chi connectivity index (χ1) is 12.2. The molecule has 0 bridgehead atoms. The summed E-state index contributed by atoms with van der Waals surface area (Å²) in [6.07, 6.45) is -3.27. The molecule has 0 saturated heterocycles. The monoisotopic (exact) mass is 369 g/mol. The molecule has 6 nitrogen and oxygen atoms in total. The second-order valence-electron chi connectivity index (χ2n) is 5.76. The standard InChI is InChI=1S/C17H18F3N3O3/c1-11-5-4-6-12(9-11)23-15(17(18,19)20)13(10-22-23)16(26)21-8-3-2-7-14(24)25/h4-6,9-10H,2-3,7-8H2,1H3,(H,21,26)(H,24,25). The number of unbranched alkanes of at least 4 members (excludes halogenated alkanes) is 1. The number of carbonyl (C=O) groups excluding carboxylic acids is 1. The maximum Gasteiger partial charge on any atom is 0.434 e. The lowest BCUT2D eigenvalue weighted by molar-refractivity contribution is -0.143. The lowest BCUT2D eigenvalue weighted by Gasteiger charge is -2.13. The van der Waals surface area contributed by atoms with Gasteiger partial charge in [0.2, 0.25) is 0 Å². The summed E-state index contributed by atoms with van der Waals surface area (Å²) in [6, 6.07) is 6.36. The number of carboxylic acid groups (broad SMARTS) is 1. The highest BCUT2D eigenvalue weighted by Crippen LogP contribution is 2.33. The molecule has 9 heteroatoms. The molecule has 0 aliphatic carbocycles. The topological polar surface area (TPSA) is 84.2 Å². The fourth-order valence-corrected chi connectivity index (χ4v) is 2.44. The maximum absolute atomic E-state index is 13.5. The smallest absolute Gasteiger partial charge is 0.434 e. The molecule has 0 saturated carbocycles. The zero-order valence-electron chi connectivity index (χ0n) is 14.0. The van der Waals surface area contributed by atoms with Crippen molar-refractivity contribution in [2.45, 2.75) is 32.4 Å². The number of carboxylic acids is 1. The van der Waals surface area contributed by atoms with Gasteiger partial charge in [0.1, 0.15) is 0 Å². The zero-order chi connectivity index (χ0) is 19.3. The highest BCUT2D eigenvalue weighted by molar-refractivity contribution is 5.95. The number of carbonyl (C=O) groups is 2. The van der Waals surface area contributed by atoms with Crippen molar-refractivity contribution in [1.82, 2.24) is 15.1 Å². The number of hydrogen-bond acceptors (Lipinski definition) is 3. The molecule has 0 spiro atoms. The highest BCUT2D eigenvalue weighted by atomic mass is 19.4. The van der Waals surface area contributed by atoms with Gasteiger partial charge in [-0.2, -0.15) is 18.3 Å². The number of aliphatic carboxylic acids is 1. The molecule has 2 aromatic rings. The number of aryl methyl sites for hydroxylation is 1. The number of nitrogens with one attached hydrogen (secondary N) is 1. The Balaban J connectivity index is 2.21. The van der Waals surface area contributed by atoms with Crippen LogP contribution in [0, 0.1) is 6.92 Å². The minimum absolute atomic E-state index is 0.0606. The van der Waals surface area contributed by atoms with Gasteiger partial charge in [-0.15, -0.1) is 0 Å². The Morgan fingerprint density at radius 2 is 2.00 bits per heavy atom. The van der Waals surface area contributed by atoms with Crippen LogP contribution in [0.1, 0.15) is 40.9 Å². The van der Waals surface area contributed by atoms with Crippen molar-refractivity contribution >= 4 is 11.9 Å². The van der Waals surface area contributed by atoms with Crippen molar-refractivity contribution in [1.29, 1.82) is 0 Å². The van der Waals surface area contributed by atoms with E-state index in [0.717, 1.165) is 11.8 Å². The average Bonchev–Trinajstić information content (AvgIpc) is 2.99. The fourth-order valence-electron chi connectivity index (χ4n) is 2.44. The van der Waals surface area contributed by atoms with Gasteiger partial charge in [-0.3, -0.25) is 9.59 Å². The molecule has 1 heterocycles.